The molecular weight excluding hydrogens is 310 g/mol. The third-order valence-corrected chi connectivity index (χ3v) is 3.37. The first-order valence-electron chi connectivity index (χ1n) is 6.98. The Morgan fingerprint density at radius 2 is 1.92 bits per heavy atom. The molecule has 0 radical (unpaired) electrons. The van der Waals surface area contributed by atoms with Gasteiger partial charge in [-0.2, -0.15) is 5.26 Å². The molecule has 0 aliphatic carbocycles. The molecule has 24 heavy (non-hydrogen) atoms. The lowest BCUT2D eigenvalue weighted by Gasteiger charge is -2.06. The molecule has 0 spiro atoms. The maximum absolute atomic E-state index is 11.2. The predicted octanol–water partition coefficient (Wildman–Crippen LogP) is 2.24. The summed E-state index contributed by atoms with van der Waals surface area (Å²) in [7, 11) is 0. The van der Waals surface area contributed by atoms with Gasteiger partial charge in [0.05, 0.1) is 0 Å². The van der Waals surface area contributed by atoms with E-state index in [-0.39, 0.29) is 16.3 Å². The van der Waals surface area contributed by atoms with Crippen molar-refractivity contribution in [1.82, 2.24) is 5.16 Å². The highest BCUT2D eigenvalue weighted by Gasteiger charge is 2.20. The summed E-state index contributed by atoms with van der Waals surface area (Å²) in [6.07, 6.45) is 0.771. The number of hydrogen-bond donors (Lipinski definition) is 0. The quantitative estimate of drug-likeness (QED) is 0.527. The molecule has 2 aromatic carbocycles. The normalized spacial score (nSPS) is 10.1. The number of carbonyl (C=O) groups excluding carboxylic acids is 1. The summed E-state index contributed by atoms with van der Waals surface area (Å²) >= 11 is 0. The zero-order valence-electron chi connectivity index (χ0n) is 12.4. The molecular formula is C17H11N3O4. The molecule has 3 aromatic rings. The fraction of sp³-hybridized carbons (Fsp3) is 0.0588. The minimum absolute atomic E-state index is 0.0787. The minimum Gasteiger partial charge on any atom is -0.489 e. The lowest BCUT2D eigenvalue weighted by Crippen LogP contribution is -2.26. The number of hydrogen-bond acceptors (Lipinski definition) is 6. The molecule has 0 saturated carbocycles. The summed E-state index contributed by atoms with van der Waals surface area (Å²) in [5, 5.41) is 23.8. The van der Waals surface area contributed by atoms with Crippen LogP contribution in [0.1, 0.15) is 21.6 Å². The molecule has 7 nitrogen and oxygen atoms in total. The van der Waals surface area contributed by atoms with Gasteiger partial charge in [0, 0.05) is 16.3 Å². The second-order valence-electron chi connectivity index (χ2n) is 4.91. The van der Waals surface area contributed by atoms with E-state index in [1.165, 1.54) is 0 Å². The average Bonchev–Trinajstić information content (AvgIpc) is 3.01. The van der Waals surface area contributed by atoms with Crippen molar-refractivity contribution in [1.29, 1.82) is 5.26 Å². The molecule has 1 aromatic heterocycles. The van der Waals surface area contributed by atoms with Gasteiger partial charge in [-0.3, -0.25) is 9.42 Å². The van der Waals surface area contributed by atoms with Crippen molar-refractivity contribution in [2.75, 3.05) is 0 Å². The third-order valence-electron chi connectivity index (χ3n) is 3.37. The smallest absolute Gasteiger partial charge is 0.302 e. The molecule has 7 heteroatoms. The molecule has 0 N–H and O–H groups in total. The number of nitriles is 1. The van der Waals surface area contributed by atoms with Crippen LogP contribution in [0.15, 0.2) is 53.2 Å². The summed E-state index contributed by atoms with van der Waals surface area (Å²) < 4.78 is 10.1. The molecule has 3 rings (SSSR count). The van der Waals surface area contributed by atoms with E-state index in [0.29, 0.717) is 23.5 Å². The lowest BCUT2D eigenvalue weighted by atomic mass is 10.1. The number of aldehydes is 1. The Morgan fingerprint density at radius 3 is 2.54 bits per heavy atom. The van der Waals surface area contributed by atoms with Gasteiger partial charge in [0.25, 0.3) is 5.69 Å². The zero-order chi connectivity index (χ0) is 16.9. The van der Waals surface area contributed by atoms with E-state index >= 15 is 0 Å². The SMILES string of the molecule is N#Cc1c(-c2ccc(COc3ccc(C=O)cc3)cc2)no[n+]1[O-]. The van der Waals surface area contributed by atoms with E-state index in [4.69, 9.17) is 10.00 Å². The Kier molecular flexibility index (Phi) is 4.21. The standard InChI is InChI=1S/C17H11N3O4/c18-9-16-17(19-24-20(16)22)14-5-1-13(2-6-14)11-23-15-7-3-12(10-21)4-8-15/h1-8,10H,11H2. The minimum atomic E-state index is -0.186. The Morgan fingerprint density at radius 1 is 1.21 bits per heavy atom. The Balaban J connectivity index is 1.70. The van der Waals surface area contributed by atoms with Crippen molar-refractivity contribution in [3.63, 3.8) is 0 Å². The Bertz CT molecular complexity index is 893. The second-order valence-corrected chi connectivity index (χ2v) is 4.91. The molecule has 0 fully saturated rings. The Labute approximate surface area is 136 Å². The van der Waals surface area contributed by atoms with Crippen molar-refractivity contribution in [2.24, 2.45) is 0 Å². The van der Waals surface area contributed by atoms with Crippen molar-refractivity contribution in [3.05, 3.63) is 70.6 Å². The largest absolute Gasteiger partial charge is 0.489 e. The predicted molar refractivity (Wildman–Crippen MR) is 81.8 cm³/mol. The van der Waals surface area contributed by atoms with Gasteiger partial charge >= 0.3 is 5.69 Å². The van der Waals surface area contributed by atoms with Gasteiger partial charge in [0.2, 0.25) is 0 Å². The van der Waals surface area contributed by atoms with Crippen molar-refractivity contribution in [2.45, 2.75) is 6.61 Å². The molecule has 0 saturated heterocycles. The van der Waals surface area contributed by atoms with E-state index in [0.717, 1.165) is 11.8 Å². The van der Waals surface area contributed by atoms with E-state index in [1.54, 1.807) is 54.6 Å². The third kappa shape index (κ3) is 3.08. The van der Waals surface area contributed by atoms with Crippen LogP contribution in [0.25, 0.3) is 11.3 Å². The summed E-state index contributed by atoms with van der Waals surface area (Å²) in [5.74, 6) is 0.653. The average molecular weight is 321 g/mol. The molecule has 0 unspecified atom stereocenters. The molecule has 1 heterocycles. The first kappa shape index (κ1) is 15.2. The van der Waals surface area contributed by atoms with E-state index in [1.807, 2.05) is 0 Å². The van der Waals surface area contributed by atoms with Gasteiger partial charge in [0.15, 0.2) is 6.07 Å². The molecule has 0 bridgehead atoms. The fourth-order valence-electron chi connectivity index (χ4n) is 2.10. The van der Waals surface area contributed by atoms with E-state index in [9.17, 15) is 10.0 Å². The van der Waals surface area contributed by atoms with Crippen LogP contribution in [0, 0.1) is 16.5 Å². The highest BCUT2D eigenvalue weighted by molar-refractivity contribution is 5.74. The number of ether oxygens (including phenoxy) is 1. The van der Waals surface area contributed by atoms with Gasteiger partial charge in [0.1, 0.15) is 18.6 Å². The van der Waals surface area contributed by atoms with Crippen LogP contribution in [0.2, 0.25) is 0 Å². The zero-order valence-corrected chi connectivity index (χ0v) is 12.4. The van der Waals surface area contributed by atoms with Crippen LogP contribution >= 0.6 is 0 Å². The van der Waals surface area contributed by atoms with Gasteiger partial charge in [-0.15, -0.1) is 0 Å². The molecule has 0 amide bonds. The number of aromatic nitrogens is 2. The lowest BCUT2D eigenvalue weighted by molar-refractivity contribution is -0.804. The van der Waals surface area contributed by atoms with Gasteiger partial charge in [-0.1, -0.05) is 12.1 Å². The van der Waals surface area contributed by atoms with Crippen LogP contribution in [-0.4, -0.2) is 11.4 Å². The molecule has 0 aliphatic rings. The highest BCUT2D eigenvalue weighted by Crippen LogP contribution is 2.20. The van der Waals surface area contributed by atoms with Crippen molar-refractivity contribution >= 4 is 6.29 Å². The maximum Gasteiger partial charge on any atom is 0.302 e. The summed E-state index contributed by atoms with van der Waals surface area (Å²) in [6.45, 7) is 0.339. The number of rotatable bonds is 5. The van der Waals surface area contributed by atoms with Crippen molar-refractivity contribution in [3.8, 4) is 23.1 Å². The molecule has 0 aliphatic heterocycles. The van der Waals surface area contributed by atoms with Crippen LogP contribution in [0.3, 0.4) is 0 Å². The molecule has 0 atom stereocenters. The van der Waals surface area contributed by atoms with Crippen LogP contribution in [-0.2, 0) is 6.61 Å². The van der Waals surface area contributed by atoms with E-state index < -0.39 is 0 Å². The van der Waals surface area contributed by atoms with Crippen LogP contribution in [0.5, 0.6) is 5.75 Å². The van der Waals surface area contributed by atoms with Crippen LogP contribution in [0.4, 0.5) is 0 Å². The van der Waals surface area contributed by atoms with Gasteiger partial charge in [-0.25, -0.2) is 0 Å². The summed E-state index contributed by atoms with van der Waals surface area (Å²) in [5.41, 5.74) is 2.10. The molecule has 118 valence electrons. The van der Waals surface area contributed by atoms with Gasteiger partial charge in [-0.05, 0) is 46.9 Å². The van der Waals surface area contributed by atoms with E-state index in [2.05, 4.69) is 9.79 Å². The van der Waals surface area contributed by atoms with Crippen molar-refractivity contribution < 1.29 is 19.1 Å². The number of benzene rings is 2. The highest BCUT2D eigenvalue weighted by atomic mass is 16.8. The monoisotopic (exact) mass is 321 g/mol. The Hall–Kier alpha value is -3.66. The second kappa shape index (κ2) is 6.62. The maximum atomic E-state index is 11.2. The summed E-state index contributed by atoms with van der Waals surface area (Å²) in [6, 6.07) is 15.6. The number of nitrogens with zero attached hydrogens (tertiary/aromatic N) is 3. The van der Waals surface area contributed by atoms with Gasteiger partial charge < -0.3 is 9.94 Å². The first-order chi connectivity index (χ1) is 11.7. The van der Waals surface area contributed by atoms with Crippen LogP contribution < -0.4 is 9.64 Å². The fourth-order valence-corrected chi connectivity index (χ4v) is 2.10. The summed E-state index contributed by atoms with van der Waals surface area (Å²) in [4.78, 5) is 10.7. The topological polar surface area (TPSA) is 103 Å². The first-order valence-corrected chi connectivity index (χ1v) is 6.98. The number of carbonyl (C=O) groups is 1.